The van der Waals surface area contributed by atoms with E-state index in [4.69, 9.17) is 11.6 Å². The van der Waals surface area contributed by atoms with Gasteiger partial charge in [-0.1, -0.05) is 48.9 Å². The van der Waals surface area contributed by atoms with Crippen LogP contribution in [-0.4, -0.2) is 16.4 Å². The van der Waals surface area contributed by atoms with Crippen LogP contribution in [0.3, 0.4) is 0 Å². The second-order valence-corrected chi connectivity index (χ2v) is 6.49. The van der Waals surface area contributed by atoms with Gasteiger partial charge in [0.25, 0.3) is 5.56 Å². The first-order chi connectivity index (χ1) is 12.1. The third-order valence-corrected chi connectivity index (χ3v) is 4.76. The Morgan fingerprint density at radius 3 is 2.64 bits per heavy atom. The lowest BCUT2D eigenvalue weighted by Crippen LogP contribution is -2.05. The Morgan fingerprint density at radius 2 is 1.84 bits per heavy atom. The summed E-state index contributed by atoms with van der Waals surface area (Å²) in [7, 11) is 0. The van der Waals surface area contributed by atoms with Crippen molar-refractivity contribution in [3.63, 3.8) is 0 Å². The predicted octanol–water partition coefficient (Wildman–Crippen LogP) is 4.76. The summed E-state index contributed by atoms with van der Waals surface area (Å²) in [4.78, 5) is 16.7. The first-order valence-corrected chi connectivity index (χ1v) is 8.42. The first-order valence-electron chi connectivity index (χ1n) is 8.04. The minimum absolute atomic E-state index is 0.0247. The van der Waals surface area contributed by atoms with E-state index >= 15 is 0 Å². The zero-order chi connectivity index (χ0) is 17.4. The zero-order valence-corrected chi connectivity index (χ0v) is 14.3. The number of aromatic amines is 2. The van der Waals surface area contributed by atoms with Crippen molar-refractivity contribution in [2.24, 2.45) is 4.99 Å². The molecular weight excluding hydrogens is 334 g/mol. The summed E-state index contributed by atoms with van der Waals surface area (Å²) in [6.07, 6.45) is 3.69. The molecule has 0 bridgehead atoms. The van der Waals surface area contributed by atoms with Crippen LogP contribution >= 0.6 is 11.6 Å². The monoisotopic (exact) mass is 349 g/mol. The van der Waals surface area contributed by atoms with E-state index in [0.717, 1.165) is 28.1 Å². The maximum Gasteiger partial charge on any atom is 0.271 e. The molecule has 2 heterocycles. The van der Waals surface area contributed by atoms with Gasteiger partial charge in [-0.3, -0.25) is 14.9 Å². The van der Waals surface area contributed by atoms with Crippen molar-refractivity contribution < 1.29 is 0 Å². The second-order valence-electron chi connectivity index (χ2n) is 6.05. The summed E-state index contributed by atoms with van der Waals surface area (Å²) in [5.74, 6) is 0.0247. The average Bonchev–Trinajstić information content (AvgIpc) is 3.20. The Morgan fingerprint density at radius 1 is 1.08 bits per heavy atom. The molecule has 25 heavy (non-hydrogen) atoms. The Hall–Kier alpha value is -2.85. The Labute approximate surface area is 149 Å². The Kier molecular flexibility index (Phi) is 3.90. The number of halogens is 1. The summed E-state index contributed by atoms with van der Waals surface area (Å²) in [5.41, 5.74) is 5.31. The molecule has 3 aromatic rings. The van der Waals surface area contributed by atoms with Crippen LogP contribution in [0.4, 0.5) is 5.69 Å². The van der Waals surface area contributed by atoms with Gasteiger partial charge in [0.05, 0.1) is 16.9 Å². The molecule has 4 rings (SSSR count). The van der Waals surface area contributed by atoms with Crippen LogP contribution in [0.2, 0.25) is 5.02 Å². The van der Waals surface area contributed by atoms with Crippen LogP contribution in [0.15, 0.2) is 58.3 Å². The lowest BCUT2D eigenvalue weighted by Gasteiger charge is -2.11. The van der Waals surface area contributed by atoms with Crippen molar-refractivity contribution in [1.29, 1.82) is 0 Å². The molecule has 0 saturated heterocycles. The molecule has 5 heteroatoms. The number of aliphatic imine (C=N–C) groups is 1. The largest absolute Gasteiger partial charge is 0.301 e. The van der Waals surface area contributed by atoms with Gasteiger partial charge < -0.3 is 5.10 Å². The van der Waals surface area contributed by atoms with E-state index in [1.807, 2.05) is 54.6 Å². The number of para-hydroxylation sites is 1. The number of nitrogens with one attached hydrogen (secondary N) is 2. The van der Waals surface area contributed by atoms with E-state index < -0.39 is 0 Å². The van der Waals surface area contributed by atoms with Gasteiger partial charge in [0.2, 0.25) is 0 Å². The van der Waals surface area contributed by atoms with Gasteiger partial charge in [0.1, 0.15) is 0 Å². The highest BCUT2D eigenvalue weighted by Gasteiger charge is 2.19. The number of fused-ring (bicyclic) bond motifs is 1. The molecule has 4 nitrogen and oxygen atoms in total. The topological polar surface area (TPSA) is 61.0 Å². The number of rotatable bonds is 3. The molecule has 0 spiro atoms. The molecule has 2 N–H and O–H groups in total. The maximum atomic E-state index is 12.3. The van der Waals surface area contributed by atoms with Gasteiger partial charge in [-0.05, 0) is 29.8 Å². The maximum absolute atomic E-state index is 12.3. The minimum Gasteiger partial charge on any atom is -0.301 e. The fourth-order valence-electron chi connectivity index (χ4n) is 3.09. The number of aromatic nitrogens is 2. The lowest BCUT2D eigenvalue weighted by atomic mass is 9.94. The van der Waals surface area contributed by atoms with Crippen LogP contribution in [-0.2, 0) is 0 Å². The van der Waals surface area contributed by atoms with Crippen LogP contribution in [0, 0.1) is 0 Å². The average molecular weight is 350 g/mol. The summed E-state index contributed by atoms with van der Waals surface area (Å²) < 4.78 is 0. The van der Waals surface area contributed by atoms with Crippen molar-refractivity contribution in [2.45, 2.75) is 12.8 Å². The standard InChI is InChI=1S/C20H16ClN3O/c1-12(13-6-8-15(21)9-7-13)19-17(20(25)24-23-19)10-14-11-22-18-5-3-2-4-16(14)18/h2-12H,1H3,(H2,23,24,25)/b14-10-. The highest BCUT2D eigenvalue weighted by molar-refractivity contribution is 6.30. The van der Waals surface area contributed by atoms with Crippen LogP contribution in [0.25, 0.3) is 11.6 Å². The number of hydrogen-bond donors (Lipinski definition) is 2. The fraction of sp³-hybridized carbons (Fsp3) is 0.100. The minimum atomic E-state index is -0.138. The van der Waals surface area contributed by atoms with Gasteiger partial charge in [-0.2, -0.15) is 0 Å². The normalized spacial score (nSPS) is 15.5. The zero-order valence-electron chi connectivity index (χ0n) is 13.6. The summed E-state index contributed by atoms with van der Waals surface area (Å²) in [6.45, 7) is 2.06. The lowest BCUT2D eigenvalue weighted by molar-refractivity contribution is 0.851. The Bertz CT molecular complexity index is 1040. The van der Waals surface area contributed by atoms with E-state index in [9.17, 15) is 4.79 Å². The smallest absolute Gasteiger partial charge is 0.271 e. The summed E-state index contributed by atoms with van der Waals surface area (Å²) in [5, 5.41) is 6.42. The molecule has 0 amide bonds. The summed E-state index contributed by atoms with van der Waals surface area (Å²) >= 11 is 5.97. The number of hydrogen-bond acceptors (Lipinski definition) is 2. The molecular formula is C20H16ClN3O. The van der Waals surface area contributed by atoms with E-state index in [-0.39, 0.29) is 11.5 Å². The molecule has 0 saturated carbocycles. The van der Waals surface area contributed by atoms with Crippen LogP contribution < -0.4 is 5.56 Å². The van der Waals surface area contributed by atoms with E-state index in [0.29, 0.717) is 10.6 Å². The van der Waals surface area contributed by atoms with E-state index in [2.05, 4.69) is 22.1 Å². The van der Waals surface area contributed by atoms with Crippen molar-refractivity contribution in [3.05, 3.63) is 86.3 Å². The third kappa shape index (κ3) is 2.85. The highest BCUT2D eigenvalue weighted by Crippen LogP contribution is 2.33. The van der Waals surface area contributed by atoms with Gasteiger partial charge in [0, 0.05) is 28.3 Å². The van der Waals surface area contributed by atoms with E-state index in [1.165, 1.54) is 0 Å². The molecule has 2 aromatic carbocycles. The first kappa shape index (κ1) is 15.7. The van der Waals surface area contributed by atoms with Gasteiger partial charge in [-0.25, -0.2) is 0 Å². The number of H-pyrrole nitrogens is 2. The molecule has 1 unspecified atom stereocenters. The van der Waals surface area contributed by atoms with Gasteiger partial charge in [-0.15, -0.1) is 0 Å². The SMILES string of the molecule is CC(c1ccc(Cl)cc1)c1[nH][nH]c(=O)c1/C=C1/C=Nc2ccccc21. The molecule has 0 aliphatic carbocycles. The number of benzene rings is 2. The summed E-state index contributed by atoms with van der Waals surface area (Å²) in [6, 6.07) is 15.6. The number of nitrogens with zero attached hydrogens (tertiary/aromatic N) is 1. The molecule has 0 fully saturated rings. The quantitative estimate of drug-likeness (QED) is 0.703. The molecule has 1 atom stereocenters. The van der Waals surface area contributed by atoms with Gasteiger partial charge in [0.15, 0.2) is 0 Å². The molecule has 1 aliphatic heterocycles. The van der Waals surface area contributed by atoms with Crippen LogP contribution in [0.5, 0.6) is 0 Å². The Balaban J connectivity index is 1.77. The number of allylic oxidation sites excluding steroid dienone is 1. The molecule has 124 valence electrons. The second kappa shape index (κ2) is 6.22. The van der Waals surface area contributed by atoms with Gasteiger partial charge >= 0.3 is 0 Å². The molecule has 1 aromatic heterocycles. The molecule has 1 aliphatic rings. The van der Waals surface area contributed by atoms with Crippen molar-refractivity contribution in [2.75, 3.05) is 0 Å². The van der Waals surface area contributed by atoms with Crippen LogP contribution in [0.1, 0.15) is 35.2 Å². The van der Waals surface area contributed by atoms with E-state index in [1.54, 1.807) is 6.21 Å². The highest BCUT2D eigenvalue weighted by atomic mass is 35.5. The fourth-order valence-corrected chi connectivity index (χ4v) is 3.22. The molecule has 0 radical (unpaired) electrons. The predicted molar refractivity (Wildman–Crippen MR) is 103 cm³/mol. The van der Waals surface area contributed by atoms with Crippen molar-refractivity contribution in [1.82, 2.24) is 10.2 Å². The van der Waals surface area contributed by atoms with Crippen molar-refractivity contribution >= 4 is 35.2 Å². The van der Waals surface area contributed by atoms with Crippen molar-refractivity contribution in [3.8, 4) is 0 Å². The third-order valence-electron chi connectivity index (χ3n) is 4.51.